The molecule has 0 saturated carbocycles. The van der Waals surface area contributed by atoms with Gasteiger partial charge >= 0.3 is 18.0 Å². The quantitative estimate of drug-likeness (QED) is 0.137. The van der Waals surface area contributed by atoms with Crippen LogP contribution in [0.25, 0.3) is 0 Å². The number of ether oxygens (including phenoxy) is 1. The Kier molecular flexibility index (Phi) is 15.6. The van der Waals surface area contributed by atoms with Gasteiger partial charge in [0, 0.05) is 80.4 Å². The fraction of sp³-hybridized carbons (Fsp3) is 0.417. The molecule has 320 valence electrons. The molecule has 2 heterocycles. The highest BCUT2D eigenvalue weighted by Crippen LogP contribution is 2.24. The van der Waals surface area contributed by atoms with Crippen LogP contribution in [-0.4, -0.2) is 121 Å². The molecule has 4 aromatic rings. The second-order valence-corrected chi connectivity index (χ2v) is 17.2. The van der Waals surface area contributed by atoms with Crippen LogP contribution in [0.2, 0.25) is 0 Å². The molecule has 0 aromatic heterocycles. The van der Waals surface area contributed by atoms with E-state index in [1.54, 1.807) is 29.2 Å². The lowest BCUT2D eigenvalue weighted by molar-refractivity contribution is 0.0600. The summed E-state index contributed by atoms with van der Waals surface area (Å²) in [5, 5.41) is 0. The Morgan fingerprint density at radius 3 is 1.20 bits per heavy atom. The maximum atomic E-state index is 13.4. The lowest BCUT2D eigenvalue weighted by atomic mass is 10.1. The zero-order chi connectivity index (χ0) is 43.5. The molecule has 4 amide bonds. The van der Waals surface area contributed by atoms with Crippen LogP contribution in [0.15, 0.2) is 109 Å². The molecule has 60 heavy (non-hydrogen) atoms. The molecule has 0 bridgehead atoms. The van der Waals surface area contributed by atoms with E-state index < -0.39 is 0 Å². The van der Waals surface area contributed by atoms with Crippen LogP contribution in [0, 0.1) is 0 Å². The standard InChI is InChI=1S/C24H32N4O2.C24H31N3O3/c1-24(2,3)27-15-13-26(14-16-27)23(30)28(21-7-5-4-6-8-21)18-19-9-11-20(12-10-19)22(29)17-25;1-24(2,3)26-16-14-25(15-17-26)23(29)27(21-8-6-5-7-9-21)18-19-10-12-20(13-11-19)22(28)30-4/h4-12H,13-18,25H2,1-3H3;5-13H,14-18H2,1-4H3. The van der Waals surface area contributed by atoms with Crippen molar-refractivity contribution in [2.45, 2.75) is 65.7 Å². The minimum atomic E-state index is -0.366. The van der Waals surface area contributed by atoms with Gasteiger partial charge in [-0.25, -0.2) is 14.4 Å². The summed E-state index contributed by atoms with van der Waals surface area (Å²) in [7, 11) is 1.37. The molecule has 0 atom stereocenters. The molecule has 2 saturated heterocycles. The van der Waals surface area contributed by atoms with E-state index in [2.05, 4.69) is 51.3 Å². The summed E-state index contributed by atoms with van der Waals surface area (Å²) in [5.41, 5.74) is 10.4. The number of Topliss-reactive ketones (excluding diaryl/α,β-unsaturated/α-hetero) is 1. The zero-order valence-electron chi connectivity index (χ0n) is 36.5. The van der Waals surface area contributed by atoms with Gasteiger partial charge in [0.15, 0.2) is 5.78 Å². The molecule has 0 unspecified atom stereocenters. The number of amides is 4. The fourth-order valence-corrected chi connectivity index (χ4v) is 7.38. The summed E-state index contributed by atoms with van der Waals surface area (Å²) in [6, 6.07) is 34.0. The highest BCUT2D eigenvalue weighted by atomic mass is 16.5. The van der Waals surface area contributed by atoms with E-state index >= 15 is 0 Å². The smallest absolute Gasteiger partial charge is 0.337 e. The molecule has 12 heteroatoms. The highest BCUT2D eigenvalue weighted by Gasteiger charge is 2.32. The number of ketones is 1. The van der Waals surface area contributed by atoms with Crippen molar-refractivity contribution in [3.63, 3.8) is 0 Å². The molecule has 2 aliphatic rings. The van der Waals surface area contributed by atoms with Crippen molar-refractivity contribution in [2.24, 2.45) is 5.73 Å². The van der Waals surface area contributed by atoms with Crippen LogP contribution in [0.1, 0.15) is 73.4 Å². The second-order valence-electron chi connectivity index (χ2n) is 17.2. The Labute approximate surface area is 356 Å². The monoisotopic (exact) mass is 817 g/mol. The number of nitrogens with zero attached hydrogens (tertiary/aromatic N) is 6. The van der Waals surface area contributed by atoms with E-state index in [9.17, 15) is 19.2 Å². The van der Waals surface area contributed by atoms with Crippen molar-refractivity contribution >= 4 is 35.2 Å². The van der Waals surface area contributed by atoms with Gasteiger partial charge in [0.2, 0.25) is 0 Å². The zero-order valence-corrected chi connectivity index (χ0v) is 36.5. The number of esters is 1. The Morgan fingerprint density at radius 1 is 0.533 bits per heavy atom. The van der Waals surface area contributed by atoms with Gasteiger partial charge in [-0.3, -0.25) is 24.4 Å². The average molecular weight is 818 g/mol. The molecule has 0 radical (unpaired) electrons. The fourth-order valence-electron chi connectivity index (χ4n) is 7.38. The molecule has 2 N–H and O–H groups in total. The van der Waals surface area contributed by atoms with Gasteiger partial charge in [0.25, 0.3) is 0 Å². The van der Waals surface area contributed by atoms with E-state index in [0.717, 1.165) is 48.7 Å². The van der Waals surface area contributed by atoms with Crippen LogP contribution in [0.5, 0.6) is 0 Å². The molecule has 12 nitrogen and oxygen atoms in total. The molecule has 2 fully saturated rings. The van der Waals surface area contributed by atoms with Crippen LogP contribution >= 0.6 is 0 Å². The summed E-state index contributed by atoms with van der Waals surface area (Å²) in [4.78, 5) is 62.7. The SMILES string of the molecule is CC(C)(C)N1CCN(C(=O)N(Cc2ccc(C(=O)CN)cc2)c2ccccc2)CC1.COC(=O)c1ccc(CN(C(=O)N2CCN(C(C)(C)C)CC2)c2ccccc2)cc1. The third-order valence-corrected chi connectivity index (χ3v) is 11.1. The number of anilines is 2. The van der Waals surface area contributed by atoms with Gasteiger partial charge in [-0.1, -0.05) is 72.8 Å². The van der Waals surface area contributed by atoms with Crippen molar-refractivity contribution in [3.8, 4) is 0 Å². The van der Waals surface area contributed by atoms with Crippen molar-refractivity contribution in [2.75, 3.05) is 75.8 Å². The molecule has 0 aliphatic carbocycles. The maximum Gasteiger partial charge on any atom is 0.337 e. The number of hydrogen-bond acceptors (Lipinski definition) is 8. The lowest BCUT2D eigenvalue weighted by Gasteiger charge is -2.43. The van der Waals surface area contributed by atoms with Gasteiger partial charge in [-0.2, -0.15) is 0 Å². The Bertz CT molecular complexity index is 1850. The number of piperazine rings is 2. The largest absolute Gasteiger partial charge is 0.465 e. The first kappa shape index (κ1) is 45.5. The second kappa shape index (κ2) is 20.6. The first-order valence-corrected chi connectivity index (χ1v) is 20.8. The summed E-state index contributed by atoms with van der Waals surface area (Å²) in [5.74, 6) is -0.455. The summed E-state index contributed by atoms with van der Waals surface area (Å²) in [6.07, 6.45) is 0. The molecule has 0 spiro atoms. The third-order valence-electron chi connectivity index (χ3n) is 11.1. The molecular formula is C48H63N7O5. The minimum absolute atomic E-state index is 0.00544. The van der Waals surface area contributed by atoms with E-state index in [-0.39, 0.29) is 41.4 Å². The number of hydrogen-bond donors (Lipinski definition) is 1. The number of carbonyl (C=O) groups is 4. The summed E-state index contributed by atoms with van der Waals surface area (Å²) in [6.45, 7) is 20.4. The Hall–Kier alpha value is -5.56. The number of urea groups is 2. The van der Waals surface area contributed by atoms with Gasteiger partial charge in [-0.15, -0.1) is 0 Å². The Morgan fingerprint density at radius 2 is 0.883 bits per heavy atom. The van der Waals surface area contributed by atoms with Gasteiger partial charge in [-0.05, 0) is 89.1 Å². The molecule has 6 rings (SSSR count). The van der Waals surface area contributed by atoms with Crippen molar-refractivity contribution < 1.29 is 23.9 Å². The Balaban J connectivity index is 0.000000228. The predicted octanol–water partition coefficient (Wildman–Crippen LogP) is 7.39. The number of nitrogens with two attached hydrogens (primary N) is 1. The van der Waals surface area contributed by atoms with Crippen LogP contribution in [0.3, 0.4) is 0 Å². The number of carbonyl (C=O) groups excluding carboxylic acids is 4. The average Bonchev–Trinajstić information content (AvgIpc) is 3.27. The molecular weight excluding hydrogens is 755 g/mol. The third kappa shape index (κ3) is 12.2. The van der Waals surface area contributed by atoms with Crippen LogP contribution in [-0.2, 0) is 17.8 Å². The highest BCUT2D eigenvalue weighted by molar-refractivity contribution is 5.97. The summed E-state index contributed by atoms with van der Waals surface area (Å²) < 4.78 is 4.76. The number of methoxy groups -OCH3 is 1. The number of benzene rings is 4. The first-order chi connectivity index (χ1) is 28.6. The topological polar surface area (TPSA) is 123 Å². The predicted molar refractivity (Wildman–Crippen MR) is 239 cm³/mol. The first-order valence-electron chi connectivity index (χ1n) is 20.8. The van der Waals surface area contributed by atoms with E-state index in [1.807, 2.05) is 99.6 Å². The van der Waals surface area contributed by atoms with E-state index in [4.69, 9.17) is 10.5 Å². The van der Waals surface area contributed by atoms with Crippen LogP contribution < -0.4 is 15.5 Å². The van der Waals surface area contributed by atoms with E-state index in [1.165, 1.54) is 7.11 Å². The number of para-hydroxylation sites is 2. The minimum Gasteiger partial charge on any atom is -0.465 e. The summed E-state index contributed by atoms with van der Waals surface area (Å²) >= 11 is 0. The molecule has 4 aromatic carbocycles. The van der Waals surface area contributed by atoms with Gasteiger partial charge < -0.3 is 20.3 Å². The van der Waals surface area contributed by atoms with E-state index in [0.29, 0.717) is 50.4 Å². The van der Waals surface area contributed by atoms with Crippen molar-refractivity contribution in [3.05, 3.63) is 131 Å². The van der Waals surface area contributed by atoms with Crippen molar-refractivity contribution in [1.29, 1.82) is 0 Å². The maximum absolute atomic E-state index is 13.4. The number of rotatable bonds is 9. The normalized spacial score (nSPS) is 15.1. The van der Waals surface area contributed by atoms with Gasteiger partial charge in [0.1, 0.15) is 0 Å². The lowest BCUT2D eigenvalue weighted by Crippen LogP contribution is -2.57. The van der Waals surface area contributed by atoms with Gasteiger partial charge in [0.05, 0.1) is 32.3 Å². The molecule has 2 aliphatic heterocycles. The van der Waals surface area contributed by atoms with Crippen molar-refractivity contribution in [1.82, 2.24) is 19.6 Å². The van der Waals surface area contributed by atoms with Crippen LogP contribution in [0.4, 0.5) is 21.0 Å².